The zero-order valence-corrected chi connectivity index (χ0v) is 17.3. The van der Waals surface area contributed by atoms with Crippen molar-refractivity contribution in [3.8, 4) is 5.75 Å². The maximum absolute atomic E-state index is 12.5. The Morgan fingerprint density at radius 1 is 1.22 bits per heavy atom. The van der Waals surface area contributed by atoms with Crippen LogP contribution < -0.4 is 14.4 Å². The second-order valence-corrected chi connectivity index (χ2v) is 8.63. The predicted octanol–water partition coefficient (Wildman–Crippen LogP) is 3.30. The first kappa shape index (κ1) is 21.1. The van der Waals surface area contributed by atoms with Gasteiger partial charge in [-0.3, -0.25) is 9.10 Å². The van der Waals surface area contributed by atoms with Crippen LogP contribution in [0.4, 0.5) is 5.69 Å². The number of sulfonamides is 1. The summed E-state index contributed by atoms with van der Waals surface area (Å²) in [5.74, 6) is -0.125. The summed E-state index contributed by atoms with van der Waals surface area (Å²) < 4.78 is 30.8. The highest BCUT2D eigenvalue weighted by atomic mass is 35.5. The van der Waals surface area contributed by atoms with E-state index < -0.39 is 15.9 Å². The van der Waals surface area contributed by atoms with Crippen molar-refractivity contribution in [3.05, 3.63) is 58.6 Å². The van der Waals surface area contributed by atoms with Crippen molar-refractivity contribution >= 4 is 33.2 Å². The predicted molar refractivity (Wildman–Crippen MR) is 108 cm³/mol. The molecule has 0 fully saturated rings. The lowest BCUT2D eigenvalue weighted by molar-refractivity contribution is -0.120. The van der Waals surface area contributed by atoms with Gasteiger partial charge >= 0.3 is 0 Å². The first-order chi connectivity index (χ1) is 12.6. The van der Waals surface area contributed by atoms with Gasteiger partial charge in [-0.2, -0.15) is 0 Å². The summed E-state index contributed by atoms with van der Waals surface area (Å²) >= 11 is 6.00. The van der Waals surface area contributed by atoms with Gasteiger partial charge in [0.05, 0.1) is 25.1 Å². The Labute approximate surface area is 165 Å². The molecule has 0 spiro atoms. The van der Waals surface area contributed by atoms with Crippen molar-refractivity contribution in [3.63, 3.8) is 0 Å². The van der Waals surface area contributed by atoms with Gasteiger partial charge in [0.2, 0.25) is 15.9 Å². The fraction of sp³-hybridized carbons (Fsp3) is 0.316. The van der Waals surface area contributed by atoms with Crippen LogP contribution in [0.2, 0.25) is 5.02 Å². The lowest BCUT2D eigenvalue weighted by Gasteiger charge is -2.25. The molecule has 1 N–H and O–H groups in total. The molecular weight excluding hydrogens is 388 g/mol. The Morgan fingerprint density at radius 2 is 1.85 bits per heavy atom. The van der Waals surface area contributed by atoms with E-state index in [1.165, 1.54) is 13.2 Å². The number of amides is 1. The van der Waals surface area contributed by atoms with E-state index in [4.69, 9.17) is 16.3 Å². The first-order valence-corrected chi connectivity index (χ1v) is 10.5. The SMILES string of the molecule is COc1ccc(Cl)cc1N(CC(=O)N[C@@H](C)c1ccc(C)cc1)S(C)(=O)=O. The Hall–Kier alpha value is -2.25. The van der Waals surface area contributed by atoms with Crippen LogP contribution in [-0.4, -0.2) is 34.2 Å². The van der Waals surface area contributed by atoms with Crippen molar-refractivity contribution in [2.45, 2.75) is 19.9 Å². The van der Waals surface area contributed by atoms with Crippen LogP contribution in [0, 0.1) is 6.92 Å². The Bertz CT molecular complexity index is 914. The van der Waals surface area contributed by atoms with Crippen LogP contribution in [0.5, 0.6) is 5.75 Å². The zero-order valence-electron chi connectivity index (χ0n) is 15.7. The van der Waals surface area contributed by atoms with Crippen LogP contribution in [-0.2, 0) is 14.8 Å². The van der Waals surface area contributed by atoms with Gasteiger partial charge in [0, 0.05) is 5.02 Å². The highest BCUT2D eigenvalue weighted by Crippen LogP contribution is 2.32. The minimum Gasteiger partial charge on any atom is -0.495 e. The molecule has 0 aliphatic carbocycles. The fourth-order valence-electron chi connectivity index (χ4n) is 2.60. The molecule has 2 aromatic carbocycles. The monoisotopic (exact) mass is 410 g/mol. The molecule has 1 atom stereocenters. The minimum atomic E-state index is -3.73. The molecule has 0 aliphatic heterocycles. The van der Waals surface area contributed by atoms with Gasteiger partial charge in [-0.05, 0) is 37.6 Å². The molecule has 0 aromatic heterocycles. The molecule has 146 valence electrons. The number of aryl methyl sites for hydroxylation is 1. The number of benzene rings is 2. The number of ether oxygens (including phenoxy) is 1. The van der Waals surface area contributed by atoms with Gasteiger partial charge in [-0.15, -0.1) is 0 Å². The number of rotatable bonds is 7. The van der Waals surface area contributed by atoms with Crippen molar-refractivity contribution in [1.82, 2.24) is 5.32 Å². The largest absolute Gasteiger partial charge is 0.495 e. The molecule has 6 nitrogen and oxygen atoms in total. The van der Waals surface area contributed by atoms with Crippen molar-refractivity contribution in [2.75, 3.05) is 24.2 Å². The number of nitrogens with zero attached hydrogens (tertiary/aromatic N) is 1. The van der Waals surface area contributed by atoms with Crippen LogP contribution in [0.15, 0.2) is 42.5 Å². The van der Waals surface area contributed by atoms with Crippen LogP contribution >= 0.6 is 11.6 Å². The summed E-state index contributed by atoms with van der Waals surface area (Å²) in [6, 6.07) is 12.1. The smallest absolute Gasteiger partial charge is 0.241 e. The Balaban J connectivity index is 2.23. The van der Waals surface area contributed by atoms with Crippen molar-refractivity contribution in [2.24, 2.45) is 0 Å². The highest BCUT2D eigenvalue weighted by Gasteiger charge is 2.25. The van der Waals surface area contributed by atoms with Gasteiger partial charge in [-0.1, -0.05) is 41.4 Å². The maximum Gasteiger partial charge on any atom is 0.241 e. The molecular formula is C19H23ClN2O4S. The van der Waals surface area contributed by atoms with E-state index in [-0.39, 0.29) is 18.3 Å². The van der Waals surface area contributed by atoms with Gasteiger partial charge in [-0.25, -0.2) is 8.42 Å². The number of carbonyl (C=O) groups excluding carboxylic acids is 1. The first-order valence-electron chi connectivity index (χ1n) is 8.29. The molecule has 0 aliphatic rings. The van der Waals surface area contributed by atoms with Crippen LogP contribution in [0.1, 0.15) is 24.1 Å². The number of methoxy groups -OCH3 is 1. The van der Waals surface area contributed by atoms with Gasteiger partial charge in [0.15, 0.2) is 0 Å². The molecule has 0 saturated carbocycles. The van der Waals surface area contributed by atoms with E-state index in [0.717, 1.165) is 21.7 Å². The molecule has 2 rings (SSSR count). The van der Waals surface area contributed by atoms with E-state index in [0.29, 0.717) is 10.8 Å². The minimum absolute atomic E-state index is 0.214. The number of carbonyl (C=O) groups is 1. The van der Waals surface area contributed by atoms with E-state index in [1.807, 2.05) is 38.1 Å². The number of nitrogens with one attached hydrogen (secondary N) is 1. The quantitative estimate of drug-likeness (QED) is 0.759. The standard InChI is InChI=1S/C19H23ClN2O4S/c1-13-5-7-15(8-6-13)14(2)21-19(23)12-22(27(4,24)25)17-11-16(20)9-10-18(17)26-3/h5-11,14H,12H2,1-4H3,(H,21,23)/t14-/m0/s1. The molecule has 0 saturated heterocycles. The normalized spacial score (nSPS) is 12.3. The summed E-state index contributed by atoms with van der Waals surface area (Å²) in [7, 11) is -2.31. The second kappa shape index (κ2) is 8.63. The number of anilines is 1. The van der Waals surface area contributed by atoms with E-state index in [9.17, 15) is 13.2 Å². The molecule has 2 aromatic rings. The third-order valence-corrected chi connectivity index (χ3v) is 5.41. The number of hydrogen-bond donors (Lipinski definition) is 1. The molecule has 27 heavy (non-hydrogen) atoms. The number of hydrogen-bond acceptors (Lipinski definition) is 4. The van der Waals surface area contributed by atoms with Crippen molar-refractivity contribution < 1.29 is 17.9 Å². The molecule has 0 bridgehead atoms. The second-order valence-electron chi connectivity index (χ2n) is 6.29. The third-order valence-electron chi connectivity index (χ3n) is 4.05. The average Bonchev–Trinajstić information content (AvgIpc) is 2.59. The third kappa shape index (κ3) is 5.61. The molecule has 0 unspecified atom stereocenters. The van der Waals surface area contributed by atoms with Crippen LogP contribution in [0.25, 0.3) is 0 Å². The van der Waals surface area contributed by atoms with Crippen molar-refractivity contribution in [1.29, 1.82) is 0 Å². The van der Waals surface area contributed by atoms with E-state index in [1.54, 1.807) is 12.1 Å². The maximum atomic E-state index is 12.5. The molecule has 0 radical (unpaired) electrons. The fourth-order valence-corrected chi connectivity index (χ4v) is 3.61. The molecule has 8 heteroatoms. The highest BCUT2D eigenvalue weighted by molar-refractivity contribution is 7.92. The molecule has 1 amide bonds. The number of halogens is 1. The summed E-state index contributed by atoms with van der Waals surface area (Å²) in [4.78, 5) is 12.5. The molecule has 0 heterocycles. The summed E-state index contributed by atoms with van der Waals surface area (Å²) in [5.41, 5.74) is 2.26. The van der Waals surface area contributed by atoms with Gasteiger partial charge < -0.3 is 10.1 Å². The topological polar surface area (TPSA) is 75.7 Å². The zero-order chi connectivity index (χ0) is 20.2. The summed E-state index contributed by atoms with van der Waals surface area (Å²) in [5, 5.41) is 3.16. The van der Waals surface area contributed by atoms with Gasteiger partial charge in [0.25, 0.3) is 0 Å². The summed E-state index contributed by atoms with van der Waals surface area (Å²) in [6.45, 7) is 3.44. The Morgan fingerprint density at radius 3 is 2.41 bits per heavy atom. The Kier molecular flexibility index (Phi) is 6.73. The summed E-state index contributed by atoms with van der Waals surface area (Å²) in [6.07, 6.45) is 1.03. The van der Waals surface area contributed by atoms with Gasteiger partial charge in [0.1, 0.15) is 12.3 Å². The lowest BCUT2D eigenvalue weighted by atomic mass is 10.1. The van der Waals surface area contributed by atoms with Crippen LogP contribution in [0.3, 0.4) is 0 Å². The van der Waals surface area contributed by atoms with E-state index in [2.05, 4.69) is 5.32 Å². The average molecular weight is 411 g/mol. The lowest BCUT2D eigenvalue weighted by Crippen LogP contribution is -2.41. The van der Waals surface area contributed by atoms with E-state index >= 15 is 0 Å².